The van der Waals surface area contributed by atoms with Gasteiger partial charge in [0.15, 0.2) is 0 Å². The minimum absolute atomic E-state index is 0.120. The zero-order valence-electron chi connectivity index (χ0n) is 11.9. The van der Waals surface area contributed by atoms with Crippen LogP contribution in [0.1, 0.15) is 25.7 Å². The van der Waals surface area contributed by atoms with Gasteiger partial charge in [0.25, 0.3) is 0 Å². The van der Waals surface area contributed by atoms with E-state index in [9.17, 15) is 4.39 Å². The molecule has 0 spiro atoms. The highest BCUT2D eigenvalue weighted by Gasteiger charge is 2.25. The molecule has 0 bridgehead atoms. The normalized spacial score (nSPS) is 22.2. The second-order valence-electron chi connectivity index (χ2n) is 5.23. The molecule has 1 aliphatic rings. The van der Waals surface area contributed by atoms with Crippen LogP contribution < -0.4 is 5.32 Å². The highest BCUT2D eigenvalue weighted by Crippen LogP contribution is 2.26. The Kier molecular flexibility index (Phi) is 4.10. The third-order valence-electron chi connectivity index (χ3n) is 3.91. The quantitative estimate of drug-likeness (QED) is 0.935. The zero-order valence-corrected chi connectivity index (χ0v) is 11.9. The summed E-state index contributed by atoms with van der Waals surface area (Å²) in [5, 5.41) is 14.3. The fourth-order valence-corrected chi connectivity index (χ4v) is 2.79. The highest BCUT2D eigenvalue weighted by atomic mass is 19.1. The summed E-state index contributed by atoms with van der Waals surface area (Å²) >= 11 is 0. The number of methoxy groups -OCH3 is 1. The van der Waals surface area contributed by atoms with E-state index in [-0.39, 0.29) is 18.0 Å². The van der Waals surface area contributed by atoms with Crippen molar-refractivity contribution >= 4 is 5.69 Å². The molecule has 0 aliphatic heterocycles. The molecule has 2 unspecified atom stereocenters. The number of halogens is 1. The lowest BCUT2D eigenvalue weighted by atomic mass is 9.92. The Morgan fingerprint density at radius 1 is 1.33 bits per heavy atom. The van der Waals surface area contributed by atoms with Gasteiger partial charge in [-0.3, -0.25) is 0 Å². The third-order valence-corrected chi connectivity index (χ3v) is 3.91. The summed E-state index contributed by atoms with van der Waals surface area (Å²) in [5.41, 5.74) is 1.17. The number of tetrazole rings is 1. The summed E-state index contributed by atoms with van der Waals surface area (Å²) in [4.78, 5) is 0. The van der Waals surface area contributed by atoms with Gasteiger partial charge in [-0.15, -0.1) is 5.10 Å². The number of ether oxygens (including phenoxy) is 1. The molecular formula is C14H18FN5O. The SMILES string of the molecule is COC1CCCCC1Nc1cc(-n2cnnn2)ccc1F. The summed E-state index contributed by atoms with van der Waals surface area (Å²) in [5.74, 6) is -0.285. The largest absolute Gasteiger partial charge is 0.379 e. The molecule has 112 valence electrons. The predicted molar refractivity (Wildman–Crippen MR) is 75.8 cm³/mol. The van der Waals surface area contributed by atoms with Crippen molar-refractivity contribution in [2.24, 2.45) is 0 Å². The van der Waals surface area contributed by atoms with Gasteiger partial charge >= 0.3 is 0 Å². The van der Waals surface area contributed by atoms with Crippen LogP contribution in [0.5, 0.6) is 0 Å². The van der Waals surface area contributed by atoms with Gasteiger partial charge < -0.3 is 10.1 Å². The Balaban J connectivity index is 1.82. The Morgan fingerprint density at radius 2 is 2.19 bits per heavy atom. The number of hydrogen-bond acceptors (Lipinski definition) is 5. The van der Waals surface area contributed by atoms with E-state index >= 15 is 0 Å². The standard InChI is InChI=1S/C14H18FN5O/c1-21-14-5-3-2-4-12(14)17-13-8-10(6-7-11(13)15)20-9-16-18-19-20/h6-9,12,14,17H,2-5H2,1H3. The zero-order chi connectivity index (χ0) is 14.7. The second kappa shape index (κ2) is 6.17. The molecule has 1 fully saturated rings. The van der Waals surface area contributed by atoms with Crippen molar-refractivity contribution in [3.8, 4) is 5.69 Å². The third kappa shape index (κ3) is 3.02. The van der Waals surface area contributed by atoms with Crippen molar-refractivity contribution in [3.63, 3.8) is 0 Å². The van der Waals surface area contributed by atoms with Crippen LogP contribution in [-0.2, 0) is 4.74 Å². The van der Waals surface area contributed by atoms with E-state index in [2.05, 4.69) is 20.8 Å². The Labute approximate surface area is 122 Å². The Hall–Kier alpha value is -2.02. The van der Waals surface area contributed by atoms with Gasteiger partial charge in [0.2, 0.25) is 0 Å². The van der Waals surface area contributed by atoms with Crippen LogP contribution in [0.3, 0.4) is 0 Å². The fraction of sp³-hybridized carbons (Fsp3) is 0.500. The molecule has 1 saturated carbocycles. The average Bonchev–Trinajstić information content (AvgIpc) is 3.04. The lowest BCUT2D eigenvalue weighted by Crippen LogP contribution is -2.38. The summed E-state index contributed by atoms with van der Waals surface area (Å²) < 4.78 is 21.0. The first-order valence-corrected chi connectivity index (χ1v) is 7.10. The van der Waals surface area contributed by atoms with Crippen LogP contribution in [-0.4, -0.2) is 39.5 Å². The molecule has 21 heavy (non-hydrogen) atoms. The first kappa shape index (κ1) is 13.9. The molecule has 1 heterocycles. The minimum Gasteiger partial charge on any atom is -0.379 e. The maximum atomic E-state index is 14.0. The number of aromatic nitrogens is 4. The van der Waals surface area contributed by atoms with Crippen LogP contribution >= 0.6 is 0 Å². The first-order chi connectivity index (χ1) is 10.3. The maximum absolute atomic E-state index is 14.0. The number of rotatable bonds is 4. The van der Waals surface area contributed by atoms with Gasteiger partial charge in [-0.2, -0.15) is 0 Å². The molecule has 6 nitrogen and oxygen atoms in total. The predicted octanol–water partition coefficient (Wildman–Crippen LogP) is 2.17. The topological polar surface area (TPSA) is 64.9 Å². The molecule has 1 aromatic heterocycles. The van der Waals surface area contributed by atoms with Gasteiger partial charge in [0, 0.05) is 7.11 Å². The molecule has 2 atom stereocenters. The second-order valence-corrected chi connectivity index (χ2v) is 5.23. The summed E-state index contributed by atoms with van der Waals surface area (Å²) in [6.07, 6.45) is 5.87. The first-order valence-electron chi connectivity index (χ1n) is 7.10. The molecule has 0 amide bonds. The van der Waals surface area contributed by atoms with Crippen LogP contribution in [0.4, 0.5) is 10.1 Å². The number of benzene rings is 1. The molecule has 7 heteroatoms. The van der Waals surface area contributed by atoms with E-state index in [1.165, 1.54) is 17.1 Å². The monoisotopic (exact) mass is 291 g/mol. The highest BCUT2D eigenvalue weighted by molar-refractivity contribution is 5.52. The van der Waals surface area contributed by atoms with Crippen molar-refractivity contribution in [2.45, 2.75) is 37.8 Å². The van der Waals surface area contributed by atoms with E-state index in [0.29, 0.717) is 11.4 Å². The van der Waals surface area contributed by atoms with E-state index in [1.54, 1.807) is 19.2 Å². The number of nitrogens with one attached hydrogen (secondary N) is 1. The van der Waals surface area contributed by atoms with E-state index in [0.717, 1.165) is 25.7 Å². The van der Waals surface area contributed by atoms with E-state index in [4.69, 9.17) is 4.74 Å². The Bertz CT molecular complexity index is 589. The van der Waals surface area contributed by atoms with Crippen molar-refractivity contribution in [1.82, 2.24) is 20.2 Å². The number of hydrogen-bond donors (Lipinski definition) is 1. The van der Waals surface area contributed by atoms with Crippen LogP contribution in [0.15, 0.2) is 24.5 Å². The molecule has 1 aliphatic carbocycles. The minimum atomic E-state index is -0.285. The molecule has 0 saturated heterocycles. The van der Waals surface area contributed by atoms with Crippen molar-refractivity contribution in [3.05, 3.63) is 30.3 Å². The molecule has 1 N–H and O–H groups in total. The molecule has 3 rings (SSSR count). The number of nitrogens with zero attached hydrogens (tertiary/aromatic N) is 4. The lowest BCUT2D eigenvalue weighted by molar-refractivity contribution is 0.0605. The van der Waals surface area contributed by atoms with E-state index < -0.39 is 0 Å². The summed E-state index contributed by atoms with van der Waals surface area (Å²) in [7, 11) is 1.71. The van der Waals surface area contributed by atoms with Crippen LogP contribution in [0, 0.1) is 5.82 Å². The van der Waals surface area contributed by atoms with Crippen LogP contribution in [0.25, 0.3) is 5.69 Å². The van der Waals surface area contributed by atoms with Crippen molar-refractivity contribution in [2.75, 3.05) is 12.4 Å². The van der Waals surface area contributed by atoms with Gasteiger partial charge in [-0.05, 0) is 41.5 Å². The average molecular weight is 291 g/mol. The number of anilines is 1. The lowest BCUT2D eigenvalue weighted by Gasteiger charge is -2.32. The van der Waals surface area contributed by atoms with Crippen molar-refractivity contribution < 1.29 is 9.13 Å². The molecular weight excluding hydrogens is 273 g/mol. The maximum Gasteiger partial charge on any atom is 0.146 e. The molecule has 0 radical (unpaired) electrons. The van der Waals surface area contributed by atoms with Crippen LogP contribution in [0.2, 0.25) is 0 Å². The van der Waals surface area contributed by atoms with Gasteiger partial charge in [0.1, 0.15) is 12.1 Å². The summed E-state index contributed by atoms with van der Waals surface area (Å²) in [6, 6.07) is 4.91. The summed E-state index contributed by atoms with van der Waals surface area (Å²) in [6.45, 7) is 0. The van der Waals surface area contributed by atoms with E-state index in [1.807, 2.05) is 0 Å². The Morgan fingerprint density at radius 3 is 2.95 bits per heavy atom. The molecule has 1 aromatic carbocycles. The smallest absolute Gasteiger partial charge is 0.146 e. The van der Waals surface area contributed by atoms with Gasteiger partial charge in [0.05, 0.1) is 23.5 Å². The fourth-order valence-electron chi connectivity index (χ4n) is 2.79. The van der Waals surface area contributed by atoms with Gasteiger partial charge in [-0.1, -0.05) is 12.8 Å². The van der Waals surface area contributed by atoms with Crippen molar-refractivity contribution in [1.29, 1.82) is 0 Å². The molecule has 2 aromatic rings. The van der Waals surface area contributed by atoms with Gasteiger partial charge in [-0.25, -0.2) is 9.07 Å².